The highest BCUT2D eigenvalue weighted by atomic mass is 35.5. The fourth-order valence-electron chi connectivity index (χ4n) is 2.00. The van der Waals surface area contributed by atoms with Gasteiger partial charge in [-0.05, 0) is 36.8 Å². The third-order valence-electron chi connectivity index (χ3n) is 3.37. The molecule has 0 fully saturated rings. The van der Waals surface area contributed by atoms with Crippen LogP contribution in [0.2, 0.25) is 0 Å². The highest BCUT2D eigenvalue weighted by Gasteiger charge is 2.19. The Kier molecular flexibility index (Phi) is 6.47. The third kappa shape index (κ3) is 5.22. The quantitative estimate of drug-likeness (QED) is 0.587. The Morgan fingerprint density at radius 3 is 2.44 bits per heavy atom. The molecule has 2 aromatic carbocycles. The number of aliphatic hydroxyl groups is 1. The number of rotatable bonds is 7. The van der Waals surface area contributed by atoms with Crippen LogP contribution in [0.4, 0.5) is 0 Å². The van der Waals surface area contributed by atoms with Gasteiger partial charge in [-0.3, -0.25) is 0 Å². The Morgan fingerprint density at radius 2 is 1.84 bits per heavy atom. The van der Waals surface area contributed by atoms with Crippen molar-refractivity contribution in [3.63, 3.8) is 0 Å². The minimum absolute atomic E-state index is 0.0642. The van der Waals surface area contributed by atoms with Crippen molar-refractivity contribution < 1.29 is 22.4 Å². The fraction of sp³-hybridized carbons (Fsp3) is 0.222. The lowest BCUT2D eigenvalue weighted by Crippen LogP contribution is -2.10. The first-order chi connectivity index (χ1) is 11.9. The van der Waals surface area contributed by atoms with Crippen molar-refractivity contribution in [2.45, 2.75) is 17.9 Å². The van der Waals surface area contributed by atoms with Gasteiger partial charge in [-0.1, -0.05) is 35.9 Å². The molecule has 1 N–H and O–H groups in total. The number of aryl methyl sites for hydroxylation is 1. The molecule has 0 heterocycles. The van der Waals surface area contributed by atoms with Crippen LogP contribution >= 0.6 is 11.6 Å². The molecule has 5 nitrogen and oxygen atoms in total. The summed E-state index contributed by atoms with van der Waals surface area (Å²) in [5, 5.41) is 9.44. The number of hydrogen-bond acceptors (Lipinski definition) is 5. The highest BCUT2D eigenvalue weighted by Crippen LogP contribution is 2.31. The molecule has 0 radical (unpaired) electrons. The van der Waals surface area contributed by atoms with Gasteiger partial charge in [-0.15, -0.1) is 11.6 Å². The van der Waals surface area contributed by atoms with E-state index in [9.17, 15) is 13.5 Å². The Hall–Kier alpha value is -2.02. The van der Waals surface area contributed by atoms with E-state index >= 15 is 0 Å². The summed E-state index contributed by atoms with van der Waals surface area (Å²) in [7, 11) is -2.54. The fourth-order valence-corrected chi connectivity index (χ4v) is 3.04. The molecule has 0 aliphatic rings. The molecule has 2 rings (SSSR count). The van der Waals surface area contributed by atoms with Crippen LogP contribution in [0.3, 0.4) is 0 Å². The van der Waals surface area contributed by atoms with Gasteiger partial charge >= 0.3 is 10.1 Å². The van der Waals surface area contributed by atoms with Crippen molar-refractivity contribution in [2.75, 3.05) is 13.0 Å². The minimum Gasteiger partial charge on any atom is -0.493 e. The number of ether oxygens (including phenoxy) is 1. The number of aliphatic hydroxyl groups excluding tert-OH is 1. The molecule has 0 amide bonds. The van der Waals surface area contributed by atoms with E-state index < -0.39 is 16.2 Å². The van der Waals surface area contributed by atoms with Gasteiger partial charge in [0.05, 0.1) is 19.1 Å². The van der Waals surface area contributed by atoms with Crippen molar-refractivity contribution >= 4 is 27.8 Å². The van der Waals surface area contributed by atoms with Crippen LogP contribution in [0.5, 0.6) is 11.5 Å². The van der Waals surface area contributed by atoms with E-state index in [-0.39, 0.29) is 22.3 Å². The van der Waals surface area contributed by atoms with E-state index in [1.54, 1.807) is 30.3 Å². The summed E-state index contributed by atoms with van der Waals surface area (Å²) in [5.41, 5.74) is 1.66. The molecule has 134 valence electrons. The average Bonchev–Trinajstić information content (AvgIpc) is 2.60. The zero-order valence-corrected chi connectivity index (χ0v) is 15.4. The smallest absolute Gasteiger partial charge is 0.339 e. The second kappa shape index (κ2) is 8.38. The van der Waals surface area contributed by atoms with Crippen molar-refractivity contribution in [1.29, 1.82) is 0 Å². The summed E-state index contributed by atoms with van der Waals surface area (Å²) in [4.78, 5) is 0.0642. The molecule has 0 saturated carbocycles. The molecule has 0 unspecified atom stereocenters. The van der Waals surface area contributed by atoms with Gasteiger partial charge < -0.3 is 14.0 Å². The summed E-state index contributed by atoms with van der Waals surface area (Å²) < 4.78 is 35.2. The second-order valence-electron chi connectivity index (χ2n) is 5.34. The Balaban J connectivity index is 2.27. The molecular formula is C18H19ClO5S. The van der Waals surface area contributed by atoms with Gasteiger partial charge in [0.25, 0.3) is 0 Å². The molecule has 0 aromatic heterocycles. The number of halogens is 1. The molecule has 0 aliphatic carbocycles. The molecule has 0 bridgehead atoms. The van der Waals surface area contributed by atoms with Crippen LogP contribution in [-0.2, 0) is 10.1 Å². The topological polar surface area (TPSA) is 72.8 Å². The monoisotopic (exact) mass is 382 g/mol. The molecule has 2 aromatic rings. The second-order valence-corrected chi connectivity index (χ2v) is 7.20. The number of hydrogen-bond donors (Lipinski definition) is 1. The van der Waals surface area contributed by atoms with Crippen molar-refractivity contribution in [3.8, 4) is 11.5 Å². The van der Waals surface area contributed by atoms with Crippen molar-refractivity contribution in [2.24, 2.45) is 0 Å². The summed E-state index contributed by atoms with van der Waals surface area (Å²) in [5.74, 6) is 0.431. The third-order valence-corrected chi connectivity index (χ3v) is 4.93. The zero-order chi connectivity index (χ0) is 18.4. The summed E-state index contributed by atoms with van der Waals surface area (Å²) in [6.45, 7) is 1.87. The first-order valence-electron chi connectivity index (χ1n) is 7.47. The average molecular weight is 383 g/mol. The van der Waals surface area contributed by atoms with Gasteiger partial charge in [0, 0.05) is 0 Å². The lowest BCUT2D eigenvalue weighted by Gasteiger charge is -2.11. The standard InChI is InChI=1S/C18H19ClO5S/c1-13-3-8-16(9-4-13)25(21,22)24-17-10-6-14(11-18(17)23-2)5-7-15(20)12-19/h3-11,15,20H,12H2,1-2H3/b7-5+/t15-/m0/s1. The molecule has 0 saturated heterocycles. The van der Waals surface area contributed by atoms with E-state index in [0.29, 0.717) is 5.56 Å². The summed E-state index contributed by atoms with van der Waals surface area (Å²) in [6, 6.07) is 11.1. The lowest BCUT2D eigenvalue weighted by atomic mass is 10.1. The minimum atomic E-state index is -3.96. The van der Waals surface area contributed by atoms with Crippen LogP contribution in [0.25, 0.3) is 6.08 Å². The van der Waals surface area contributed by atoms with Gasteiger partial charge in [-0.25, -0.2) is 0 Å². The first kappa shape index (κ1) is 19.3. The van der Waals surface area contributed by atoms with Crippen molar-refractivity contribution in [3.05, 3.63) is 59.7 Å². The molecule has 7 heteroatoms. The zero-order valence-electron chi connectivity index (χ0n) is 13.8. The first-order valence-corrected chi connectivity index (χ1v) is 9.41. The summed E-state index contributed by atoms with van der Waals surface area (Å²) in [6.07, 6.45) is 2.43. The van der Waals surface area contributed by atoms with E-state index in [2.05, 4.69) is 0 Å². The largest absolute Gasteiger partial charge is 0.493 e. The highest BCUT2D eigenvalue weighted by molar-refractivity contribution is 7.87. The van der Waals surface area contributed by atoms with Gasteiger partial charge in [0.1, 0.15) is 4.90 Å². The number of alkyl halides is 1. The predicted octanol–water partition coefficient (Wildman–Crippen LogP) is 3.38. The maximum absolute atomic E-state index is 12.4. The van der Waals surface area contributed by atoms with Gasteiger partial charge in [0.2, 0.25) is 0 Å². The van der Waals surface area contributed by atoms with Crippen LogP contribution in [-0.4, -0.2) is 32.6 Å². The molecule has 25 heavy (non-hydrogen) atoms. The van der Waals surface area contributed by atoms with Crippen LogP contribution in [0.1, 0.15) is 11.1 Å². The SMILES string of the molecule is COc1cc(/C=C/[C@H](O)CCl)ccc1OS(=O)(=O)c1ccc(C)cc1. The van der Waals surface area contributed by atoms with E-state index in [4.69, 9.17) is 20.5 Å². The lowest BCUT2D eigenvalue weighted by molar-refractivity contribution is 0.248. The van der Waals surface area contributed by atoms with Crippen LogP contribution in [0.15, 0.2) is 53.4 Å². The van der Waals surface area contributed by atoms with E-state index in [1.165, 1.54) is 31.4 Å². The Morgan fingerprint density at radius 1 is 1.16 bits per heavy atom. The van der Waals surface area contributed by atoms with E-state index in [1.807, 2.05) is 6.92 Å². The maximum atomic E-state index is 12.4. The Labute approximate surface area is 152 Å². The number of benzene rings is 2. The van der Waals surface area contributed by atoms with Crippen molar-refractivity contribution in [1.82, 2.24) is 0 Å². The van der Waals surface area contributed by atoms with Gasteiger partial charge in [-0.2, -0.15) is 8.42 Å². The van der Waals surface area contributed by atoms with Crippen LogP contribution < -0.4 is 8.92 Å². The Bertz CT molecular complexity index is 844. The predicted molar refractivity (Wildman–Crippen MR) is 97.7 cm³/mol. The van der Waals surface area contributed by atoms with Crippen LogP contribution in [0, 0.1) is 6.92 Å². The van der Waals surface area contributed by atoms with E-state index in [0.717, 1.165) is 5.56 Å². The molecule has 0 spiro atoms. The number of methoxy groups -OCH3 is 1. The normalized spacial score (nSPS) is 13.0. The molecule has 1 atom stereocenters. The molecule has 0 aliphatic heterocycles. The maximum Gasteiger partial charge on any atom is 0.339 e. The summed E-state index contributed by atoms with van der Waals surface area (Å²) >= 11 is 5.53. The molecular weight excluding hydrogens is 364 g/mol. The van der Waals surface area contributed by atoms with Gasteiger partial charge in [0.15, 0.2) is 11.5 Å².